The molecule has 0 fully saturated rings. The Labute approximate surface area is 232 Å². The van der Waals surface area contributed by atoms with E-state index in [1.807, 2.05) is 6.92 Å². The second-order valence-corrected chi connectivity index (χ2v) is 10.6. The minimum atomic E-state index is -4.26. The molecular formula is C26H31N7O6S. The molecule has 3 aromatic heterocycles. The predicted molar refractivity (Wildman–Crippen MR) is 146 cm³/mol. The maximum Gasteiger partial charge on any atom is 0.215 e. The predicted octanol–water partition coefficient (Wildman–Crippen LogP) is 2.41. The number of primary sulfonamides is 1. The van der Waals surface area contributed by atoms with Crippen molar-refractivity contribution in [2.24, 2.45) is 5.14 Å². The van der Waals surface area contributed by atoms with E-state index in [2.05, 4.69) is 25.1 Å². The normalized spacial score (nSPS) is 13.9. The van der Waals surface area contributed by atoms with Gasteiger partial charge in [-0.1, -0.05) is 12.1 Å². The summed E-state index contributed by atoms with van der Waals surface area (Å²) in [6.45, 7) is 5.37. The van der Waals surface area contributed by atoms with Gasteiger partial charge in [-0.25, -0.2) is 28.5 Å². The molecule has 1 aromatic carbocycles. The van der Waals surface area contributed by atoms with E-state index in [0.29, 0.717) is 35.4 Å². The molecule has 2 N–H and O–H groups in total. The van der Waals surface area contributed by atoms with Crippen LogP contribution in [-0.4, -0.2) is 71.3 Å². The highest BCUT2D eigenvalue weighted by Crippen LogP contribution is 2.43. The number of nitrogens with two attached hydrogens (primary N) is 1. The Hall–Kier alpha value is -4.14. The van der Waals surface area contributed by atoms with Crippen molar-refractivity contribution >= 4 is 10.0 Å². The lowest BCUT2D eigenvalue weighted by Crippen LogP contribution is -2.50. The molecule has 0 radical (unpaired) electrons. The van der Waals surface area contributed by atoms with Gasteiger partial charge in [0.15, 0.2) is 17.5 Å². The Morgan fingerprint density at radius 3 is 2.27 bits per heavy atom. The molecule has 0 amide bonds. The van der Waals surface area contributed by atoms with Gasteiger partial charge in [-0.15, -0.1) is 10.2 Å². The first-order valence-electron chi connectivity index (χ1n) is 12.3. The van der Waals surface area contributed by atoms with Crippen molar-refractivity contribution < 1.29 is 27.4 Å². The van der Waals surface area contributed by atoms with Crippen LogP contribution in [0.3, 0.4) is 0 Å². The molecular weight excluding hydrogens is 538 g/mol. The second kappa shape index (κ2) is 11.5. The van der Waals surface area contributed by atoms with Crippen molar-refractivity contribution in [2.75, 3.05) is 27.9 Å². The molecule has 4 aromatic rings. The van der Waals surface area contributed by atoms with Gasteiger partial charge in [0.1, 0.15) is 28.1 Å². The zero-order valence-corrected chi connectivity index (χ0v) is 23.8. The van der Waals surface area contributed by atoms with E-state index < -0.39 is 20.9 Å². The number of ether oxygens (including phenoxy) is 4. The van der Waals surface area contributed by atoms with Crippen molar-refractivity contribution in [3.8, 4) is 34.6 Å². The van der Waals surface area contributed by atoms with Crippen LogP contribution >= 0.6 is 0 Å². The number of hydrogen-bond donors (Lipinski definition) is 1. The van der Waals surface area contributed by atoms with Gasteiger partial charge in [0.25, 0.3) is 0 Å². The smallest absolute Gasteiger partial charge is 0.215 e. The zero-order chi connectivity index (χ0) is 29.1. The van der Waals surface area contributed by atoms with E-state index in [-0.39, 0.29) is 17.5 Å². The molecule has 0 saturated carbocycles. The summed E-state index contributed by atoms with van der Waals surface area (Å²) < 4.78 is 50.5. The summed E-state index contributed by atoms with van der Waals surface area (Å²) in [4.78, 5) is 13.4. The molecule has 40 heavy (non-hydrogen) atoms. The number of aryl methyl sites for hydroxylation is 1. The van der Waals surface area contributed by atoms with E-state index in [1.54, 1.807) is 60.3 Å². The molecule has 0 aliphatic rings. The minimum Gasteiger partial charge on any atom is -0.494 e. The average Bonchev–Trinajstić information content (AvgIpc) is 3.39. The van der Waals surface area contributed by atoms with E-state index >= 15 is 0 Å². The van der Waals surface area contributed by atoms with E-state index in [9.17, 15) is 8.42 Å². The van der Waals surface area contributed by atoms with Crippen LogP contribution in [0.5, 0.6) is 17.4 Å². The first kappa shape index (κ1) is 28.9. The lowest BCUT2D eigenvalue weighted by atomic mass is 9.96. The number of hydrogen-bond acceptors (Lipinski definition) is 11. The van der Waals surface area contributed by atoms with Gasteiger partial charge >= 0.3 is 0 Å². The number of rotatable bonds is 11. The van der Waals surface area contributed by atoms with Crippen molar-refractivity contribution in [3.63, 3.8) is 0 Å². The number of sulfonamides is 1. The fourth-order valence-electron chi connectivity index (χ4n) is 4.34. The van der Waals surface area contributed by atoms with Crippen molar-refractivity contribution in [2.45, 2.75) is 31.6 Å². The third-order valence-corrected chi connectivity index (χ3v) is 7.68. The summed E-state index contributed by atoms with van der Waals surface area (Å²) in [5, 5.41) is 13.2. The molecule has 14 heteroatoms. The number of aromatic nitrogens is 6. The Kier molecular flexibility index (Phi) is 8.32. The lowest BCUT2D eigenvalue weighted by molar-refractivity contribution is 0.00494. The van der Waals surface area contributed by atoms with Gasteiger partial charge < -0.3 is 18.9 Å². The molecule has 2 atom stereocenters. The molecule has 13 nitrogen and oxygen atoms in total. The van der Waals surface area contributed by atoms with Crippen LogP contribution in [0.2, 0.25) is 0 Å². The Balaban J connectivity index is 2.20. The Morgan fingerprint density at radius 1 is 1.00 bits per heavy atom. The highest BCUT2D eigenvalue weighted by Gasteiger charge is 2.53. The molecule has 0 spiro atoms. The largest absolute Gasteiger partial charge is 0.494 e. The maximum atomic E-state index is 13.0. The number of nitrogens with zero attached hydrogens (tertiary/aromatic N) is 6. The second-order valence-electron chi connectivity index (χ2n) is 8.74. The topological polar surface area (TPSA) is 166 Å². The van der Waals surface area contributed by atoms with Crippen LogP contribution in [0, 0.1) is 6.92 Å². The molecule has 3 heterocycles. The standard InChI is InChI=1S/C26H31N7O6S/c1-7-39-20-12-9-11-19(36-4)22(20)33-23(18-10-8-13-21(30-18)37-5)31-32-25(33)26(38-6,17(3)40(27,34)35)24-28-14-16(2)15-29-24/h8-15,17H,7H2,1-6H3,(H2,27,34,35). The van der Waals surface area contributed by atoms with E-state index in [4.69, 9.17) is 24.1 Å². The molecule has 4 rings (SSSR count). The van der Waals surface area contributed by atoms with Gasteiger partial charge in [0.2, 0.25) is 21.5 Å². The number of para-hydroxylation sites is 1. The Morgan fingerprint density at radius 2 is 1.68 bits per heavy atom. The van der Waals surface area contributed by atoms with Gasteiger partial charge in [-0.2, -0.15) is 0 Å². The average molecular weight is 570 g/mol. The highest BCUT2D eigenvalue weighted by atomic mass is 32.2. The monoisotopic (exact) mass is 569 g/mol. The summed E-state index contributed by atoms with van der Waals surface area (Å²) in [5.74, 6) is 1.35. The summed E-state index contributed by atoms with van der Waals surface area (Å²) in [7, 11) is 0.0640. The van der Waals surface area contributed by atoms with Crippen LogP contribution in [-0.2, 0) is 20.4 Å². The van der Waals surface area contributed by atoms with Crippen molar-refractivity contribution in [1.29, 1.82) is 0 Å². The first-order valence-corrected chi connectivity index (χ1v) is 13.9. The molecule has 212 valence electrons. The van der Waals surface area contributed by atoms with Crippen LogP contribution in [0.1, 0.15) is 31.1 Å². The quantitative estimate of drug-likeness (QED) is 0.282. The molecule has 2 unspecified atom stereocenters. The lowest BCUT2D eigenvalue weighted by Gasteiger charge is -2.34. The SMILES string of the molecule is CCOc1cccc(OC)c1-n1c(-c2cccc(OC)n2)nnc1C(OC)(c1ncc(C)cn1)C(C)S(N)(=O)=O. The molecule has 0 aliphatic heterocycles. The minimum absolute atomic E-state index is 0.00505. The van der Waals surface area contributed by atoms with Gasteiger partial charge in [0, 0.05) is 25.6 Å². The molecule has 0 bridgehead atoms. The van der Waals surface area contributed by atoms with Crippen LogP contribution in [0.15, 0.2) is 48.8 Å². The summed E-state index contributed by atoms with van der Waals surface area (Å²) in [6.07, 6.45) is 3.10. The number of methoxy groups -OCH3 is 3. The molecule has 0 saturated heterocycles. The van der Waals surface area contributed by atoms with Crippen molar-refractivity contribution in [3.05, 3.63) is 66.0 Å². The highest BCUT2D eigenvalue weighted by molar-refractivity contribution is 7.89. The summed E-state index contributed by atoms with van der Waals surface area (Å²) in [6, 6.07) is 10.4. The maximum absolute atomic E-state index is 13.0. The fraction of sp³-hybridized carbons (Fsp3) is 0.346. The number of benzene rings is 1. The van der Waals surface area contributed by atoms with Gasteiger partial charge in [-0.05, 0) is 44.5 Å². The van der Waals surface area contributed by atoms with Gasteiger partial charge in [-0.3, -0.25) is 4.57 Å². The summed E-state index contributed by atoms with van der Waals surface area (Å²) in [5.41, 5.74) is -0.440. The third-order valence-electron chi connectivity index (χ3n) is 6.36. The van der Waals surface area contributed by atoms with Crippen molar-refractivity contribution in [1.82, 2.24) is 29.7 Å². The third kappa shape index (κ3) is 5.08. The zero-order valence-electron chi connectivity index (χ0n) is 23.0. The molecule has 0 aliphatic carbocycles. The van der Waals surface area contributed by atoms with Crippen LogP contribution in [0.4, 0.5) is 0 Å². The van der Waals surface area contributed by atoms with Crippen LogP contribution < -0.4 is 19.3 Å². The Bertz CT molecular complexity index is 1590. The van der Waals surface area contributed by atoms with E-state index in [0.717, 1.165) is 5.56 Å². The van der Waals surface area contributed by atoms with Crippen LogP contribution in [0.25, 0.3) is 17.2 Å². The fourth-order valence-corrected chi connectivity index (χ4v) is 5.11. The number of pyridine rings is 1. The van der Waals surface area contributed by atoms with E-state index in [1.165, 1.54) is 28.3 Å². The first-order chi connectivity index (χ1) is 19.1. The van der Waals surface area contributed by atoms with Gasteiger partial charge in [0.05, 0.1) is 20.8 Å². The summed E-state index contributed by atoms with van der Waals surface area (Å²) >= 11 is 0.